The molecule has 0 aromatic carbocycles. The van der Waals surface area contributed by atoms with Crippen LogP contribution in [0.4, 0.5) is 0 Å². The van der Waals surface area contributed by atoms with Gasteiger partial charge < -0.3 is 35.0 Å². The molecule has 0 aliphatic rings. The van der Waals surface area contributed by atoms with Crippen molar-refractivity contribution in [2.75, 3.05) is 19.8 Å². The third-order valence-corrected chi connectivity index (χ3v) is 2.40. The zero-order valence-electron chi connectivity index (χ0n) is 18.5. The number of esters is 3. The van der Waals surface area contributed by atoms with Crippen molar-refractivity contribution in [1.29, 1.82) is 0 Å². The Balaban J connectivity index is -0.000000174. The summed E-state index contributed by atoms with van der Waals surface area (Å²) in [5.41, 5.74) is 0. The van der Waals surface area contributed by atoms with E-state index in [2.05, 4.69) is 35.0 Å². The molecular formula is C21H33FeO9. The quantitative estimate of drug-likeness (QED) is 0.134. The van der Waals surface area contributed by atoms with Crippen LogP contribution in [0.25, 0.3) is 0 Å². The molecule has 0 rings (SSSR count). The molecule has 0 amide bonds. The van der Waals surface area contributed by atoms with Crippen LogP contribution in [0.15, 0.2) is 0 Å². The van der Waals surface area contributed by atoms with Gasteiger partial charge in [-0.1, -0.05) is 0 Å². The summed E-state index contributed by atoms with van der Waals surface area (Å²) in [4.78, 5) is 62.5. The minimum absolute atomic E-state index is 0. The van der Waals surface area contributed by atoms with E-state index >= 15 is 0 Å². The van der Waals surface area contributed by atoms with Gasteiger partial charge in [-0.15, -0.1) is 19.3 Å². The van der Waals surface area contributed by atoms with Gasteiger partial charge in [0.15, 0.2) is 0 Å². The zero-order chi connectivity index (χ0) is 23.9. The summed E-state index contributed by atoms with van der Waals surface area (Å²) in [6.45, 7) is 15.4. The van der Waals surface area contributed by atoms with E-state index in [4.69, 9.17) is 0 Å². The molecule has 0 bridgehead atoms. The van der Waals surface area contributed by atoms with Crippen LogP contribution in [0.3, 0.4) is 0 Å². The van der Waals surface area contributed by atoms with Crippen molar-refractivity contribution in [2.24, 2.45) is 0 Å². The molecule has 0 heterocycles. The molecule has 0 aliphatic carbocycles. The first-order chi connectivity index (χ1) is 14.0. The van der Waals surface area contributed by atoms with Crippen LogP contribution >= 0.6 is 0 Å². The second-order valence-electron chi connectivity index (χ2n) is 5.86. The molecule has 1 radical (unpaired) electrons. The average molecular weight is 485 g/mol. The van der Waals surface area contributed by atoms with E-state index in [-0.39, 0.29) is 53.7 Å². The van der Waals surface area contributed by atoms with Crippen molar-refractivity contribution in [3.8, 4) is 0 Å². The molecule has 0 spiro atoms. The average Bonchev–Trinajstić information content (AvgIpc) is 2.62. The number of carbonyl (C=O) groups excluding carboxylic acids is 6. The third kappa shape index (κ3) is 39.1. The minimum Gasteiger partial charge on any atom is -0.468 e. The minimum atomic E-state index is -0.462. The zero-order valence-corrected chi connectivity index (χ0v) is 19.6. The topological polar surface area (TPSA) is 130 Å². The van der Waals surface area contributed by atoms with Crippen molar-refractivity contribution in [3.63, 3.8) is 0 Å². The molecule has 0 saturated carbocycles. The van der Waals surface area contributed by atoms with Crippen molar-refractivity contribution >= 4 is 35.3 Å². The number of carbonyl (C=O) groups is 6. The van der Waals surface area contributed by atoms with Gasteiger partial charge in [-0.05, 0) is 20.8 Å². The summed E-state index contributed by atoms with van der Waals surface area (Å²) in [6.07, 6.45) is 1.26. The summed E-state index contributed by atoms with van der Waals surface area (Å²) in [5.74, 6) is -1.90. The Morgan fingerprint density at radius 3 is 0.839 bits per heavy atom. The van der Waals surface area contributed by atoms with Crippen LogP contribution < -0.4 is 0 Å². The number of ether oxygens (including phenoxy) is 3. The van der Waals surface area contributed by atoms with E-state index in [1.54, 1.807) is 0 Å². The molecule has 0 aromatic heterocycles. The van der Waals surface area contributed by atoms with Crippen LogP contribution in [0.5, 0.6) is 0 Å². The fourth-order valence-corrected chi connectivity index (χ4v) is 1.32. The third-order valence-electron chi connectivity index (χ3n) is 2.40. The molecular weight excluding hydrogens is 452 g/mol. The summed E-state index contributed by atoms with van der Waals surface area (Å²) in [5, 5.41) is 0. The molecule has 0 aliphatic heterocycles. The predicted octanol–water partition coefficient (Wildman–Crippen LogP) is 2.20. The van der Waals surface area contributed by atoms with Gasteiger partial charge in [0, 0.05) is 0 Å². The Morgan fingerprint density at radius 1 is 0.516 bits per heavy atom. The van der Waals surface area contributed by atoms with Gasteiger partial charge in [-0.3, -0.25) is 28.8 Å². The van der Waals surface area contributed by atoms with Crippen LogP contribution in [0.1, 0.15) is 59.3 Å². The maximum atomic E-state index is 10.5. The van der Waals surface area contributed by atoms with Gasteiger partial charge in [0.2, 0.25) is 0 Å². The van der Waals surface area contributed by atoms with E-state index in [0.29, 0.717) is 39.1 Å². The SMILES string of the molecule is [CH2-]CCOC(=O)CC(C)=O.[CH2-]CCOC(=O)CC(C)=O.[CH2-]CCOC(=O)CC(C)=O.[Fe+3]. The molecule has 10 heteroatoms. The maximum absolute atomic E-state index is 10.5. The van der Waals surface area contributed by atoms with E-state index in [0.717, 1.165) is 0 Å². The van der Waals surface area contributed by atoms with Gasteiger partial charge in [0.25, 0.3) is 0 Å². The van der Waals surface area contributed by atoms with Crippen molar-refractivity contribution in [3.05, 3.63) is 20.8 Å². The van der Waals surface area contributed by atoms with E-state index in [1.807, 2.05) is 0 Å². The molecule has 0 aromatic rings. The second-order valence-corrected chi connectivity index (χ2v) is 5.86. The van der Waals surface area contributed by atoms with Gasteiger partial charge in [0.1, 0.15) is 36.6 Å². The first kappa shape index (κ1) is 36.3. The molecule has 0 N–H and O–H groups in total. The molecule has 0 saturated heterocycles. The van der Waals surface area contributed by atoms with E-state index in [1.165, 1.54) is 20.8 Å². The molecule has 0 fully saturated rings. The van der Waals surface area contributed by atoms with Crippen LogP contribution in [0.2, 0.25) is 0 Å². The monoisotopic (exact) mass is 485 g/mol. The van der Waals surface area contributed by atoms with Gasteiger partial charge in [-0.2, -0.15) is 0 Å². The maximum Gasteiger partial charge on any atom is 3.00 e. The smallest absolute Gasteiger partial charge is 0.468 e. The summed E-state index contributed by atoms with van der Waals surface area (Å²) < 4.78 is 13.7. The van der Waals surface area contributed by atoms with Crippen molar-refractivity contribution < 1.29 is 60.0 Å². The molecule has 179 valence electrons. The van der Waals surface area contributed by atoms with Gasteiger partial charge >= 0.3 is 35.0 Å². The summed E-state index contributed by atoms with van der Waals surface area (Å²) in [6, 6.07) is 0. The molecule has 9 nitrogen and oxygen atoms in total. The molecule has 0 unspecified atom stereocenters. The van der Waals surface area contributed by atoms with E-state index in [9.17, 15) is 28.8 Å². The largest absolute Gasteiger partial charge is 3.00 e. The Morgan fingerprint density at radius 2 is 0.710 bits per heavy atom. The first-order valence-electron chi connectivity index (χ1n) is 9.32. The van der Waals surface area contributed by atoms with Crippen molar-refractivity contribution in [2.45, 2.75) is 59.3 Å². The number of hydrogen-bond acceptors (Lipinski definition) is 9. The van der Waals surface area contributed by atoms with Gasteiger partial charge in [-0.25, -0.2) is 0 Å². The first-order valence-corrected chi connectivity index (χ1v) is 9.32. The molecule has 31 heavy (non-hydrogen) atoms. The Kier molecular flexibility index (Phi) is 30.4. The summed E-state index contributed by atoms with van der Waals surface area (Å²) in [7, 11) is 0. The number of rotatable bonds is 12. The number of Topliss-reactive ketones (excluding diaryl/α,β-unsaturated/α-hetero) is 3. The van der Waals surface area contributed by atoms with Crippen LogP contribution in [0, 0.1) is 20.8 Å². The fourth-order valence-electron chi connectivity index (χ4n) is 1.32. The Hall–Kier alpha value is -2.06. The predicted molar refractivity (Wildman–Crippen MR) is 109 cm³/mol. The van der Waals surface area contributed by atoms with E-state index < -0.39 is 17.9 Å². The van der Waals surface area contributed by atoms with Gasteiger partial charge in [0.05, 0.1) is 19.8 Å². The summed E-state index contributed by atoms with van der Waals surface area (Å²) >= 11 is 0. The number of ketones is 3. The Labute approximate surface area is 195 Å². The standard InChI is InChI=1S/3C7H11O3.Fe/c3*1-3-4-10-7(9)5-6(2)8;/h3*1,3-5H2,2H3;/q3*-1;+3. The number of hydrogen-bond donors (Lipinski definition) is 0. The van der Waals surface area contributed by atoms with Crippen LogP contribution in [-0.4, -0.2) is 55.1 Å². The fraction of sp³-hybridized carbons (Fsp3) is 0.571. The van der Waals surface area contributed by atoms with Crippen LogP contribution in [-0.2, 0) is 60.0 Å². The molecule has 0 atom stereocenters. The Bertz CT molecular complexity index is 469. The second kappa shape index (κ2) is 26.0. The van der Waals surface area contributed by atoms with Crippen molar-refractivity contribution in [1.82, 2.24) is 0 Å². The normalized spacial score (nSPS) is 8.71.